The number of hydrogen-bond acceptors (Lipinski definition) is 2. The minimum absolute atomic E-state index is 0.534. The van der Waals surface area contributed by atoms with Gasteiger partial charge in [0.2, 0.25) is 0 Å². The van der Waals surface area contributed by atoms with E-state index in [2.05, 4.69) is 20.8 Å². The standard InChI is InChI=1S/C8H19NO/c1-5-7-10-9(4)8(3)6-2/h8H,5-7H2,1-4H3. The lowest BCUT2D eigenvalue weighted by molar-refractivity contribution is -0.164. The van der Waals surface area contributed by atoms with Crippen molar-refractivity contribution in [2.24, 2.45) is 0 Å². The van der Waals surface area contributed by atoms with Crippen LogP contribution in [0.15, 0.2) is 0 Å². The van der Waals surface area contributed by atoms with Gasteiger partial charge in [0.1, 0.15) is 0 Å². The SMILES string of the molecule is CCCON(C)C(C)CC. The summed E-state index contributed by atoms with van der Waals surface area (Å²) in [6.07, 6.45) is 2.22. The Hall–Kier alpha value is -0.0800. The van der Waals surface area contributed by atoms with Crippen LogP contribution in [0.1, 0.15) is 33.6 Å². The van der Waals surface area contributed by atoms with Gasteiger partial charge in [-0.05, 0) is 19.8 Å². The van der Waals surface area contributed by atoms with Crippen molar-refractivity contribution in [2.75, 3.05) is 13.7 Å². The second-order valence-electron chi connectivity index (χ2n) is 2.64. The van der Waals surface area contributed by atoms with Crippen LogP contribution in [-0.4, -0.2) is 24.8 Å². The summed E-state index contributed by atoms with van der Waals surface area (Å²) in [4.78, 5) is 5.38. The molecule has 0 saturated heterocycles. The Labute approximate surface area is 64.1 Å². The lowest BCUT2D eigenvalue weighted by Gasteiger charge is -2.22. The fourth-order valence-electron chi connectivity index (χ4n) is 0.620. The van der Waals surface area contributed by atoms with E-state index < -0.39 is 0 Å². The normalized spacial score (nSPS) is 14.1. The molecule has 0 saturated carbocycles. The Morgan fingerprint density at radius 1 is 1.40 bits per heavy atom. The van der Waals surface area contributed by atoms with Gasteiger partial charge >= 0.3 is 0 Å². The maximum Gasteiger partial charge on any atom is 0.0682 e. The van der Waals surface area contributed by atoms with E-state index in [1.807, 2.05) is 12.1 Å². The largest absolute Gasteiger partial charge is 0.299 e. The predicted molar refractivity (Wildman–Crippen MR) is 43.8 cm³/mol. The van der Waals surface area contributed by atoms with E-state index in [1.165, 1.54) is 0 Å². The van der Waals surface area contributed by atoms with Crippen molar-refractivity contribution in [1.29, 1.82) is 0 Å². The molecule has 0 fully saturated rings. The van der Waals surface area contributed by atoms with Crippen LogP contribution in [0.25, 0.3) is 0 Å². The van der Waals surface area contributed by atoms with E-state index in [-0.39, 0.29) is 0 Å². The first-order valence-corrected chi connectivity index (χ1v) is 4.08. The topological polar surface area (TPSA) is 12.5 Å². The van der Waals surface area contributed by atoms with Gasteiger partial charge in [0.05, 0.1) is 6.61 Å². The second kappa shape index (κ2) is 5.69. The van der Waals surface area contributed by atoms with Gasteiger partial charge in [-0.2, -0.15) is 5.06 Å². The zero-order chi connectivity index (χ0) is 7.98. The van der Waals surface area contributed by atoms with Crippen LogP contribution in [0.3, 0.4) is 0 Å². The van der Waals surface area contributed by atoms with Gasteiger partial charge in [0, 0.05) is 13.1 Å². The molecule has 0 aromatic rings. The van der Waals surface area contributed by atoms with E-state index in [9.17, 15) is 0 Å². The van der Waals surface area contributed by atoms with Crippen molar-refractivity contribution in [3.63, 3.8) is 0 Å². The molecular weight excluding hydrogens is 126 g/mol. The van der Waals surface area contributed by atoms with Crippen molar-refractivity contribution in [3.05, 3.63) is 0 Å². The molecule has 2 nitrogen and oxygen atoms in total. The molecule has 0 radical (unpaired) electrons. The maximum absolute atomic E-state index is 5.38. The summed E-state index contributed by atoms with van der Waals surface area (Å²) in [7, 11) is 1.99. The molecule has 0 rings (SSSR count). The minimum Gasteiger partial charge on any atom is -0.299 e. The summed E-state index contributed by atoms with van der Waals surface area (Å²) in [5.74, 6) is 0. The molecule has 0 spiro atoms. The van der Waals surface area contributed by atoms with Crippen LogP contribution < -0.4 is 0 Å². The molecule has 0 aliphatic carbocycles. The Bertz CT molecular complexity index is 75.7. The highest BCUT2D eigenvalue weighted by Gasteiger charge is 2.04. The fraction of sp³-hybridized carbons (Fsp3) is 1.00. The molecule has 0 N–H and O–H groups in total. The molecule has 0 aromatic carbocycles. The molecule has 62 valence electrons. The van der Waals surface area contributed by atoms with Gasteiger partial charge in [-0.3, -0.25) is 4.84 Å². The molecule has 0 bridgehead atoms. The number of nitrogens with zero attached hydrogens (tertiary/aromatic N) is 1. The van der Waals surface area contributed by atoms with Crippen LogP contribution in [0, 0.1) is 0 Å². The zero-order valence-electron chi connectivity index (χ0n) is 7.55. The second-order valence-corrected chi connectivity index (χ2v) is 2.64. The first kappa shape index (κ1) is 9.92. The predicted octanol–water partition coefficient (Wildman–Crippen LogP) is 2.06. The molecule has 0 heterocycles. The summed E-state index contributed by atoms with van der Waals surface area (Å²) in [6.45, 7) is 7.28. The van der Waals surface area contributed by atoms with Crippen molar-refractivity contribution in [3.8, 4) is 0 Å². The minimum atomic E-state index is 0.534. The van der Waals surface area contributed by atoms with Crippen LogP contribution in [0.2, 0.25) is 0 Å². The average Bonchev–Trinajstić information content (AvgIpc) is 1.98. The van der Waals surface area contributed by atoms with E-state index in [1.54, 1.807) is 0 Å². The van der Waals surface area contributed by atoms with Crippen LogP contribution in [0.4, 0.5) is 0 Å². The third-order valence-electron chi connectivity index (χ3n) is 1.71. The van der Waals surface area contributed by atoms with Crippen molar-refractivity contribution >= 4 is 0 Å². The Balaban J connectivity index is 3.31. The highest BCUT2D eigenvalue weighted by molar-refractivity contribution is 4.50. The summed E-state index contributed by atoms with van der Waals surface area (Å²) in [5, 5.41) is 1.93. The molecule has 0 aliphatic rings. The molecule has 2 heteroatoms. The van der Waals surface area contributed by atoms with E-state index in [0.717, 1.165) is 19.4 Å². The summed E-state index contributed by atoms with van der Waals surface area (Å²) in [6, 6.07) is 0.534. The van der Waals surface area contributed by atoms with Crippen LogP contribution in [0.5, 0.6) is 0 Å². The maximum atomic E-state index is 5.38. The molecule has 0 aromatic heterocycles. The third kappa shape index (κ3) is 3.85. The van der Waals surface area contributed by atoms with Crippen LogP contribution >= 0.6 is 0 Å². The quantitative estimate of drug-likeness (QED) is 0.549. The van der Waals surface area contributed by atoms with Gasteiger partial charge in [0.15, 0.2) is 0 Å². The summed E-state index contributed by atoms with van der Waals surface area (Å²) < 4.78 is 0. The smallest absolute Gasteiger partial charge is 0.0682 e. The van der Waals surface area contributed by atoms with E-state index in [4.69, 9.17) is 4.84 Å². The Morgan fingerprint density at radius 2 is 2.00 bits per heavy atom. The van der Waals surface area contributed by atoms with E-state index >= 15 is 0 Å². The monoisotopic (exact) mass is 145 g/mol. The fourth-order valence-corrected chi connectivity index (χ4v) is 0.620. The Morgan fingerprint density at radius 3 is 2.40 bits per heavy atom. The average molecular weight is 145 g/mol. The molecule has 1 unspecified atom stereocenters. The zero-order valence-corrected chi connectivity index (χ0v) is 7.55. The van der Waals surface area contributed by atoms with E-state index in [0.29, 0.717) is 6.04 Å². The lowest BCUT2D eigenvalue weighted by atomic mass is 10.3. The molecule has 0 amide bonds. The van der Waals surface area contributed by atoms with Gasteiger partial charge in [0.25, 0.3) is 0 Å². The van der Waals surface area contributed by atoms with Crippen molar-refractivity contribution in [1.82, 2.24) is 5.06 Å². The van der Waals surface area contributed by atoms with Crippen molar-refractivity contribution < 1.29 is 4.84 Å². The van der Waals surface area contributed by atoms with Crippen LogP contribution in [-0.2, 0) is 4.84 Å². The summed E-state index contributed by atoms with van der Waals surface area (Å²) in [5.41, 5.74) is 0. The van der Waals surface area contributed by atoms with Gasteiger partial charge in [-0.25, -0.2) is 0 Å². The van der Waals surface area contributed by atoms with Gasteiger partial charge in [-0.1, -0.05) is 13.8 Å². The number of rotatable bonds is 5. The third-order valence-corrected chi connectivity index (χ3v) is 1.71. The highest BCUT2D eigenvalue weighted by atomic mass is 16.7. The first-order valence-electron chi connectivity index (χ1n) is 4.08. The number of hydrogen-bond donors (Lipinski definition) is 0. The van der Waals surface area contributed by atoms with Gasteiger partial charge in [-0.15, -0.1) is 0 Å². The number of hydroxylamine groups is 2. The van der Waals surface area contributed by atoms with Gasteiger partial charge < -0.3 is 0 Å². The molecular formula is C8H19NO. The molecule has 10 heavy (non-hydrogen) atoms. The highest BCUT2D eigenvalue weighted by Crippen LogP contribution is 2.00. The first-order chi connectivity index (χ1) is 4.72. The Kier molecular flexibility index (Phi) is 5.64. The molecule has 1 atom stereocenters. The van der Waals surface area contributed by atoms with Crippen molar-refractivity contribution in [2.45, 2.75) is 39.7 Å². The summed E-state index contributed by atoms with van der Waals surface area (Å²) >= 11 is 0. The molecule has 0 aliphatic heterocycles. The lowest BCUT2D eigenvalue weighted by Crippen LogP contribution is -2.28.